The van der Waals surface area contributed by atoms with Gasteiger partial charge in [-0.15, -0.1) is 11.8 Å². The van der Waals surface area contributed by atoms with E-state index in [1.54, 1.807) is 30.3 Å². The van der Waals surface area contributed by atoms with Crippen LogP contribution >= 0.6 is 11.8 Å². The molecular formula is C20H21N3O5S2. The van der Waals surface area contributed by atoms with E-state index >= 15 is 0 Å². The van der Waals surface area contributed by atoms with E-state index in [1.807, 2.05) is 18.4 Å². The predicted molar refractivity (Wildman–Crippen MR) is 115 cm³/mol. The van der Waals surface area contributed by atoms with Crippen LogP contribution in [0.4, 0.5) is 5.69 Å². The second kappa shape index (κ2) is 9.31. The molecule has 10 heteroatoms. The smallest absolute Gasteiger partial charge is 0.308 e. The summed E-state index contributed by atoms with van der Waals surface area (Å²) in [5.74, 6) is -0.846. The third-order valence-electron chi connectivity index (χ3n) is 4.29. The molecule has 1 aliphatic rings. The normalized spacial score (nSPS) is 16.4. The molecule has 3 rings (SSSR count). The van der Waals surface area contributed by atoms with Gasteiger partial charge in [0.2, 0.25) is 0 Å². The van der Waals surface area contributed by atoms with Crippen LogP contribution in [0.1, 0.15) is 18.9 Å². The number of hydrogen-bond acceptors (Lipinski definition) is 7. The first-order valence-corrected chi connectivity index (χ1v) is 11.8. The highest BCUT2D eigenvalue weighted by molar-refractivity contribution is 7.98. The van der Waals surface area contributed by atoms with Crippen molar-refractivity contribution in [1.29, 1.82) is 0 Å². The lowest BCUT2D eigenvalue weighted by Gasteiger charge is -2.14. The number of anilines is 1. The van der Waals surface area contributed by atoms with Crippen LogP contribution in [0.25, 0.3) is 0 Å². The van der Waals surface area contributed by atoms with Crippen molar-refractivity contribution < 1.29 is 22.7 Å². The molecule has 1 amide bonds. The monoisotopic (exact) mass is 447 g/mol. The maximum Gasteiger partial charge on any atom is 0.308 e. The number of nitrogens with zero attached hydrogens (tertiary/aromatic N) is 1. The van der Waals surface area contributed by atoms with Crippen LogP contribution in [0, 0.1) is 0 Å². The summed E-state index contributed by atoms with van der Waals surface area (Å²) >= 11 is 1.50. The summed E-state index contributed by atoms with van der Waals surface area (Å²) in [5, 5.41) is 2.75. The Kier molecular flexibility index (Phi) is 6.78. The summed E-state index contributed by atoms with van der Waals surface area (Å²) < 4.78 is 31.6. The number of benzene rings is 2. The average molecular weight is 448 g/mol. The molecule has 1 heterocycles. The fraction of sp³-hybridized carbons (Fsp3) is 0.250. The number of sulfonamides is 1. The quantitative estimate of drug-likeness (QED) is 0.498. The number of hydrogen-bond donors (Lipinski definition) is 2. The van der Waals surface area contributed by atoms with E-state index < -0.39 is 28.0 Å². The Morgan fingerprint density at radius 1 is 1.17 bits per heavy atom. The van der Waals surface area contributed by atoms with Crippen molar-refractivity contribution >= 4 is 45.2 Å². The Morgan fingerprint density at radius 2 is 1.87 bits per heavy atom. The zero-order valence-electron chi connectivity index (χ0n) is 16.4. The molecule has 8 nitrogen and oxygen atoms in total. The number of carbonyl (C=O) groups is 2. The van der Waals surface area contributed by atoms with Gasteiger partial charge in [0.05, 0.1) is 23.5 Å². The molecule has 0 saturated carbocycles. The Labute approximate surface area is 179 Å². The van der Waals surface area contributed by atoms with Gasteiger partial charge in [-0.3, -0.25) is 19.3 Å². The molecule has 0 radical (unpaired) electrons. The summed E-state index contributed by atoms with van der Waals surface area (Å²) in [5.41, 5.74) is 1.11. The minimum absolute atomic E-state index is 0.0225. The largest absolute Gasteiger partial charge is 0.452 e. The molecule has 0 aliphatic carbocycles. The third kappa shape index (κ3) is 5.00. The van der Waals surface area contributed by atoms with Crippen LogP contribution in [-0.4, -0.2) is 45.0 Å². The second-order valence-corrected chi connectivity index (χ2v) is 8.90. The van der Waals surface area contributed by atoms with E-state index in [-0.39, 0.29) is 23.7 Å². The minimum atomic E-state index is -3.62. The van der Waals surface area contributed by atoms with E-state index in [0.717, 1.165) is 4.90 Å². The molecule has 0 fully saturated rings. The summed E-state index contributed by atoms with van der Waals surface area (Å²) in [6.45, 7) is 1.51. The first kappa shape index (κ1) is 21.8. The van der Waals surface area contributed by atoms with Crippen LogP contribution in [0.15, 0.2) is 63.3 Å². The molecule has 0 unspecified atom stereocenters. The van der Waals surface area contributed by atoms with E-state index in [9.17, 15) is 18.0 Å². The van der Waals surface area contributed by atoms with E-state index in [0.29, 0.717) is 11.3 Å². The number of aliphatic imine (C=N–C) groups is 1. The highest BCUT2D eigenvalue weighted by Crippen LogP contribution is 2.25. The van der Waals surface area contributed by atoms with E-state index in [4.69, 9.17) is 4.74 Å². The molecule has 158 valence electrons. The van der Waals surface area contributed by atoms with Crippen LogP contribution in [0.2, 0.25) is 0 Å². The lowest BCUT2D eigenvalue weighted by Crippen LogP contribution is -2.30. The Bertz CT molecular complexity index is 1100. The standard InChI is InChI=1S/C20H21N3O5S2/c1-13(20(25)22-15-8-4-5-9-16(15)29-2)28-18(24)11-12-21-19-14-7-3-6-10-17(14)30(26,27)23-19/h3-10,13H,11-12H2,1-2H3,(H,21,23)(H,22,25)/t13-/m0/s1. The second-order valence-electron chi connectivity index (χ2n) is 6.40. The van der Waals surface area contributed by atoms with Crippen molar-refractivity contribution in [2.75, 3.05) is 18.1 Å². The minimum Gasteiger partial charge on any atom is -0.452 e. The van der Waals surface area contributed by atoms with Gasteiger partial charge in [0, 0.05) is 10.5 Å². The van der Waals surface area contributed by atoms with Gasteiger partial charge in [0.15, 0.2) is 6.10 Å². The number of esters is 1. The summed E-state index contributed by atoms with van der Waals surface area (Å²) in [7, 11) is -3.62. The SMILES string of the molecule is CSc1ccccc1NC(=O)[C@H](C)OC(=O)CCN=C1NS(=O)(=O)c2ccccc21. The van der Waals surface area contributed by atoms with Gasteiger partial charge in [-0.1, -0.05) is 24.3 Å². The maximum atomic E-state index is 12.3. The first-order chi connectivity index (χ1) is 14.3. The summed E-state index contributed by atoms with van der Waals surface area (Å²) in [6.07, 6.45) is 0.830. The van der Waals surface area contributed by atoms with Crippen LogP contribution in [0.5, 0.6) is 0 Å². The number of amidine groups is 1. The Balaban J connectivity index is 1.54. The van der Waals surface area contributed by atoms with Gasteiger partial charge in [0.25, 0.3) is 15.9 Å². The van der Waals surface area contributed by atoms with Crippen molar-refractivity contribution in [3.63, 3.8) is 0 Å². The predicted octanol–water partition coefficient (Wildman–Crippen LogP) is 2.41. The van der Waals surface area contributed by atoms with Crippen molar-refractivity contribution in [2.45, 2.75) is 29.2 Å². The van der Waals surface area contributed by atoms with Crippen LogP contribution < -0.4 is 10.0 Å². The summed E-state index contributed by atoms with van der Waals surface area (Å²) in [4.78, 5) is 29.6. The van der Waals surface area contributed by atoms with Crippen molar-refractivity contribution in [2.24, 2.45) is 4.99 Å². The number of para-hydroxylation sites is 1. The van der Waals surface area contributed by atoms with E-state index in [2.05, 4.69) is 15.0 Å². The zero-order chi connectivity index (χ0) is 21.7. The number of thioether (sulfide) groups is 1. The van der Waals surface area contributed by atoms with Gasteiger partial charge in [-0.05, 0) is 37.4 Å². The van der Waals surface area contributed by atoms with Crippen LogP contribution in [0.3, 0.4) is 0 Å². The number of nitrogens with one attached hydrogen (secondary N) is 2. The molecule has 0 saturated heterocycles. The molecular weight excluding hydrogens is 426 g/mol. The molecule has 0 bridgehead atoms. The van der Waals surface area contributed by atoms with Gasteiger partial charge in [0.1, 0.15) is 5.84 Å². The average Bonchev–Trinajstić information content (AvgIpc) is 2.99. The van der Waals surface area contributed by atoms with E-state index in [1.165, 1.54) is 24.8 Å². The fourth-order valence-electron chi connectivity index (χ4n) is 2.80. The van der Waals surface area contributed by atoms with Crippen molar-refractivity contribution in [3.8, 4) is 0 Å². The lowest BCUT2D eigenvalue weighted by atomic mass is 10.2. The number of carbonyl (C=O) groups excluding carboxylic acids is 2. The van der Waals surface area contributed by atoms with Gasteiger partial charge < -0.3 is 10.1 Å². The first-order valence-electron chi connectivity index (χ1n) is 9.12. The maximum absolute atomic E-state index is 12.3. The zero-order valence-corrected chi connectivity index (χ0v) is 18.0. The summed E-state index contributed by atoms with van der Waals surface area (Å²) in [6, 6.07) is 13.8. The van der Waals surface area contributed by atoms with Crippen LogP contribution in [-0.2, 0) is 24.3 Å². The Morgan fingerprint density at radius 3 is 2.63 bits per heavy atom. The number of rotatable bonds is 7. The molecule has 1 atom stereocenters. The molecule has 1 aliphatic heterocycles. The topological polar surface area (TPSA) is 114 Å². The highest BCUT2D eigenvalue weighted by atomic mass is 32.2. The molecule has 0 spiro atoms. The third-order valence-corrected chi connectivity index (χ3v) is 6.48. The molecule has 30 heavy (non-hydrogen) atoms. The molecule has 0 aromatic heterocycles. The number of fused-ring (bicyclic) bond motifs is 1. The van der Waals surface area contributed by atoms with Gasteiger partial charge in [-0.2, -0.15) is 0 Å². The number of amides is 1. The Hall–Kier alpha value is -2.85. The fourth-order valence-corrected chi connectivity index (χ4v) is 4.61. The van der Waals surface area contributed by atoms with Gasteiger partial charge >= 0.3 is 5.97 Å². The van der Waals surface area contributed by atoms with Gasteiger partial charge in [-0.25, -0.2) is 8.42 Å². The lowest BCUT2D eigenvalue weighted by molar-refractivity contribution is -0.152. The highest BCUT2D eigenvalue weighted by Gasteiger charge is 2.30. The molecule has 2 aromatic carbocycles. The van der Waals surface area contributed by atoms with Crippen molar-refractivity contribution in [3.05, 3.63) is 54.1 Å². The molecule has 2 aromatic rings. The number of ether oxygens (including phenoxy) is 1. The van der Waals surface area contributed by atoms with Crippen molar-refractivity contribution in [1.82, 2.24) is 4.72 Å². The molecule has 2 N–H and O–H groups in total.